The Bertz CT molecular complexity index is 1320. The number of rotatable bonds is 3. The third-order valence-corrected chi connectivity index (χ3v) is 5.91. The van der Waals surface area contributed by atoms with Gasteiger partial charge in [0.05, 0.1) is 11.3 Å². The Balaban J connectivity index is 1.50. The summed E-state index contributed by atoms with van der Waals surface area (Å²) in [6.45, 7) is 0.629. The molecule has 1 amide bonds. The van der Waals surface area contributed by atoms with Crippen molar-refractivity contribution in [1.82, 2.24) is 19.8 Å². The Morgan fingerprint density at radius 3 is 2.75 bits per heavy atom. The number of aryl methyl sites for hydroxylation is 1. The second kappa shape index (κ2) is 7.12. The van der Waals surface area contributed by atoms with Gasteiger partial charge >= 0.3 is 0 Å². The lowest BCUT2D eigenvalue weighted by Gasteiger charge is -2.27. The Hall–Kier alpha value is -3.81. The molecular formula is C21H16F3N5O3. The van der Waals surface area contributed by atoms with Gasteiger partial charge in [-0.25, -0.2) is 8.78 Å². The van der Waals surface area contributed by atoms with Crippen molar-refractivity contribution in [3.8, 4) is 23.1 Å². The second-order valence-electron chi connectivity index (χ2n) is 7.91. The molecule has 0 bridgehead atoms. The van der Waals surface area contributed by atoms with Crippen molar-refractivity contribution in [1.29, 1.82) is 5.26 Å². The van der Waals surface area contributed by atoms with E-state index in [4.69, 9.17) is 4.52 Å². The van der Waals surface area contributed by atoms with Crippen LogP contribution in [-0.4, -0.2) is 37.4 Å². The number of hydrogen-bond donors (Lipinski definition) is 1. The number of fused-ring (bicyclic) bond motifs is 1. The average Bonchev–Trinajstić information content (AvgIpc) is 3.47. The Kier molecular flexibility index (Phi) is 4.47. The molecule has 11 heteroatoms. The Labute approximate surface area is 179 Å². The lowest BCUT2D eigenvalue weighted by molar-refractivity contribution is 0.0722. The number of hydrogen-bond acceptors (Lipinski definition) is 6. The van der Waals surface area contributed by atoms with Crippen LogP contribution in [0.4, 0.5) is 13.2 Å². The number of aromatic nitrogens is 3. The van der Waals surface area contributed by atoms with Crippen LogP contribution in [0.1, 0.15) is 51.8 Å². The highest BCUT2D eigenvalue weighted by atomic mass is 19.2. The maximum atomic E-state index is 14.3. The molecule has 32 heavy (non-hydrogen) atoms. The first kappa shape index (κ1) is 20.1. The molecule has 0 spiro atoms. The van der Waals surface area contributed by atoms with Crippen LogP contribution < -0.4 is 0 Å². The average molecular weight is 443 g/mol. The number of benzene rings is 1. The molecule has 2 aromatic heterocycles. The monoisotopic (exact) mass is 443 g/mol. The van der Waals surface area contributed by atoms with Crippen LogP contribution >= 0.6 is 0 Å². The quantitative estimate of drug-likeness (QED) is 0.623. The number of phenols is 1. The van der Waals surface area contributed by atoms with Gasteiger partial charge in [-0.05, 0) is 18.9 Å². The highest BCUT2D eigenvalue weighted by molar-refractivity contribution is 5.96. The number of carbonyl (C=O) groups excluding carboxylic acids is 1. The predicted octanol–water partition coefficient (Wildman–Crippen LogP) is 3.15. The molecule has 1 aliphatic heterocycles. The zero-order valence-corrected chi connectivity index (χ0v) is 16.8. The van der Waals surface area contributed by atoms with Gasteiger partial charge in [0.25, 0.3) is 5.91 Å². The summed E-state index contributed by atoms with van der Waals surface area (Å²) >= 11 is 0. The van der Waals surface area contributed by atoms with Gasteiger partial charge in [-0.15, -0.1) is 0 Å². The van der Waals surface area contributed by atoms with Crippen LogP contribution in [0.15, 0.2) is 10.6 Å². The number of nitriles is 1. The van der Waals surface area contributed by atoms with Crippen molar-refractivity contribution in [2.45, 2.75) is 31.7 Å². The van der Waals surface area contributed by atoms with E-state index in [1.165, 1.54) is 4.90 Å². The topological polar surface area (TPSA) is 108 Å². The Morgan fingerprint density at radius 1 is 1.31 bits per heavy atom. The zero-order valence-electron chi connectivity index (χ0n) is 16.8. The fourth-order valence-corrected chi connectivity index (χ4v) is 4.11. The van der Waals surface area contributed by atoms with Gasteiger partial charge in [-0.3, -0.25) is 9.48 Å². The molecule has 0 saturated heterocycles. The standard InChI is InChI=1S/C21H16F3N5O3/c1-28-14-4-5-29(8-12(14)17(26-28)9-2-3-9)21(31)18-11(7-25)20(32-27-18)10-6-13(22)16(24)19(30)15(10)23/h6,9,30H,2-5,8H2,1H3. The summed E-state index contributed by atoms with van der Waals surface area (Å²) in [6.07, 6.45) is 2.67. The van der Waals surface area contributed by atoms with Gasteiger partial charge in [0.15, 0.2) is 28.8 Å². The van der Waals surface area contributed by atoms with Crippen molar-refractivity contribution in [2.24, 2.45) is 7.05 Å². The van der Waals surface area contributed by atoms with Crippen LogP contribution in [-0.2, 0) is 20.0 Å². The van der Waals surface area contributed by atoms with Crippen LogP contribution in [0.3, 0.4) is 0 Å². The van der Waals surface area contributed by atoms with E-state index in [9.17, 15) is 28.3 Å². The van der Waals surface area contributed by atoms with Gasteiger partial charge < -0.3 is 14.5 Å². The van der Waals surface area contributed by atoms with E-state index >= 15 is 0 Å². The summed E-state index contributed by atoms with van der Waals surface area (Å²) in [7, 11) is 1.87. The first-order chi connectivity index (χ1) is 15.3. The minimum Gasteiger partial charge on any atom is -0.503 e. The molecule has 2 aliphatic rings. The third kappa shape index (κ3) is 2.94. The highest BCUT2D eigenvalue weighted by Crippen LogP contribution is 2.43. The third-order valence-electron chi connectivity index (χ3n) is 5.91. The number of nitrogens with zero attached hydrogens (tertiary/aromatic N) is 5. The minimum absolute atomic E-state index is 0.279. The molecule has 3 heterocycles. The Morgan fingerprint density at radius 2 is 2.06 bits per heavy atom. The summed E-state index contributed by atoms with van der Waals surface area (Å²) in [5, 5.41) is 27.3. The summed E-state index contributed by atoms with van der Waals surface area (Å²) in [5.74, 6) is -7.19. The van der Waals surface area contributed by atoms with E-state index in [-0.39, 0.29) is 12.2 Å². The van der Waals surface area contributed by atoms with E-state index in [0.29, 0.717) is 24.9 Å². The second-order valence-corrected chi connectivity index (χ2v) is 7.91. The normalized spacial score (nSPS) is 15.5. The fraction of sp³-hybridized carbons (Fsp3) is 0.333. The van der Waals surface area contributed by atoms with Gasteiger partial charge in [0, 0.05) is 43.7 Å². The smallest absolute Gasteiger partial charge is 0.277 e. The van der Waals surface area contributed by atoms with Crippen LogP contribution in [0.25, 0.3) is 11.3 Å². The molecule has 3 aromatic rings. The van der Waals surface area contributed by atoms with Crippen molar-refractivity contribution < 1.29 is 27.6 Å². The minimum atomic E-state index is -1.77. The first-order valence-electron chi connectivity index (χ1n) is 9.92. The van der Waals surface area contributed by atoms with Crippen LogP contribution in [0.2, 0.25) is 0 Å². The summed E-state index contributed by atoms with van der Waals surface area (Å²) in [5.41, 5.74) is 1.49. The first-order valence-corrected chi connectivity index (χ1v) is 9.92. The number of aromatic hydroxyl groups is 1. The largest absolute Gasteiger partial charge is 0.503 e. The molecular weight excluding hydrogens is 427 g/mol. The van der Waals surface area contributed by atoms with Crippen molar-refractivity contribution in [3.63, 3.8) is 0 Å². The highest BCUT2D eigenvalue weighted by Gasteiger charge is 2.36. The molecule has 1 fully saturated rings. The number of halogens is 3. The van der Waals surface area contributed by atoms with E-state index < -0.39 is 46.0 Å². The molecule has 1 saturated carbocycles. The summed E-state index contributed by atoms with van der Waals surface area (Å²) < 4.78 is 48.3. The van der Waals surface area contributed by atoms with Gasteiger partial charge in [-0.1, -0.05) is 5.16 Å². The van der Waals surface area contributed by atoms with E-state index in [1.807, 2.05) is 11.7 Å². The lowest BCUT2D eigenvalue weighted by Crippen LogP contribution is -2.37. The molecule has 0 unspecified atom stereocenters. The maximum absolute atomic E-state index is 14.3. The van der Waals surface area contributed by atoms with Crippen molar-refractivity contribution in [2.75, 3.05) is 6.54 Å². The molecule has 1 N–H and O–H groups in total. The van der Waals surface area contributed by atoms with Gasteiger partial charge in [-0.2, -0.15) is 14.8 Å². The summed E-state index contributed by atoms with van der Waals surface area (Å²) in [4.78, 5) is 14.7. The SMILES string of the molecule is Cn1nc(C2CC2)c2c1CCN(C(=O)c1noc(-c3cc(F)c(F)c(O)c3F)c1C#N)C2. The molecule has 1 aliphatic carbocycles. The van der Waals surface area contributed by atoms with Gasteiger partial charge in [0.2, 0.25) is 5.82 Å². The van der Waals surface area contributed by atoms with E-state index in [1.54, 1.807) is 6.07 Å². The number of carbonyl (C=O) groups is 1. The molecule has 5 rings (SSSR count). The molecule has 1 aromatic carbocycles. The predicted molar refractivity (Wildman–Crippen MR) is 102 cm³/mol. The van der Waals surface area contributed by atoms with Crippen LogP contribution in [0.5, 0.6) is 5.75 Å². The fourth-order valence-electron chi connectivity index (χ4n) is 4.11. The van der Waals surface area contributed by atoms with Crippen LogP contribution in [0, 0.1) is 28.8 Å². The summed E-state index contributed by atoms with van der Waals surface area (Å²) in [6, 6.07) is 2.16. The lowest BCUT2D eigenvalue weighted by atomic mass is 10.0. The van der Waals surface area contributed by atoms with Crippen molar-refractivity contribution >= 4 is 5.91 Å². The zero-order chi connectivity index (χ0) is 22.7. The number of phenolic OH excluding ortho intramolecular Hbond substituents is 1. The molecule has 8 nitrogen and oxygen atoms in total. The van der Waals surface area contributed by atoms with Gasteiger partial charge in [0.1, 0.15) is 11.6 Å². The van der Waals surface area contributed by atoms with E-state index in [0.717, 1.165) is 29.8 Å². The van der Waals surface area contributed by atoms with Crippen molar-refractivity contribution in [3.05, 3.63) is 51.7 Å². The molecule has 0 radical (unpaired) electrons. The van der Waals surface area contributed by atoms with E-state index in [2.05, 4.69) is 10.3 Å². The molecule has 0 atom stereocenters. The number of amides is 1. The maximum Gasteiger partial charge on any atom is 0.277 e. The molecule has 164 valence electrons.